The molecule has 0 saturated heterocycles. The van der Waals surface area contributed by atoms with E-state index in [4.69, 9.17) is 0 Å². The van der Waals surface area contributed by atoms with E-state index in [1.54, 1.807) is 7.05 Å². The molecule has 0 aliphatic heterocycles. The molecular formula is C9H12F2N2O2. The normalized spacial score (nSPS) is 11.5. The van der Waals surface area contributed by atoms with Gasteiger partial charge in [-0.2, -0.15) is 8.78 Å². The minimum atomic E-state index is -3.52. The standard InChI is InChI=1S/C9H12F2N2O2/c1-3-15-8(14)9(10,11)6-7-12-4-5-13(7)2/h4-5H,3,6H2,1-2H3. The molecule has 0 atom stereocenters. The summed E-state index contributed by atoms with van der Waals surface area (Å²) in [5.74, 6) is -4.88. The number of aromatic nitrogens is 2. The Balaban J connectivity index is 2.72. The van der Waals surface area contributed by atoms with Gasteiger partial charge in [-0.15, -0.1) is 0 Å². The number of hydrogen-bond donors (Lipinski definition) is 0. The molecule has 0 amide bonds. The van der Waals surface area contributed by atoms with E-state index in [1.165, 1.54) is 23.9 Å². The van der Waals surface area contributed by atoms with E-state index in [0.29, 0.717) is 0 Å². The molecule has 0 spiro atoms. The van der Waals surface area contributed by atoms with Crippen molar-refractivity contribution in [3.63, 3.8) is 0 Å². The van der Waals surface area contributed by atoms with Crippen molar-refractivity contribution < 1.29 is 18.3 Å². The summed E-state index contributed by atoms with van der Waals surface area (Å²) in [7, 11) is 1.59. The van der Waals surface area contributed by atoms with Crippen molar-refractivity contribution in [2.24, 2.45) is 7.05 Å². The number of ether oxygens (including phenoxy) is 1. The van der Waals surface area contributed by atoms with E-state index in [1.807, 2.05) is 0 Å². The lowest BCUT2D eigenvalue weighted by Gasteiger charge is -2.13. The Bertz CT molecular complexity index is 350. The lowest BCUT2D eigenvalue weighted by molar-refractivity contribution is -0.171. The second-order valence-electron chi connectivity index (χ2n) is 3.06. The number of esters is 1. The van der Waals surface area contributed by atoms with E-state index in [-0.39, 0.29) is 12.4 Å². The topological polar surface area (TPSA) is 44.1 Å². The Kier molecular flexibility index (Phi) is 3.39. The molecule has 1 aromatic heterocycles. The molecule has 0 aliphatic rings. The summed E-state index contributed by atoms with van der Waals surface area (Å²) in [6.45, 7) is 1.42. The Morgan fingerprint density at radius 1 is 1.67 bits per heavy atom. The van der Waals surface area contributed by atoms with Crippen molar-refractivity contribution in [1.29, 1.82) is 0 Å². The van der Waals surface area contributed by atoms with Gasteiger partial charge in [0.25, 0.3) is 0 Å². The fraction of sp³-hybridized carbons (Fsp3) is 0.556. The average molecular weight is 218 g/mol. The van der Waals surface area contributed by atoms with Gasteiger partial charge in [-0.25, -0.2) is 9.78 Å². The van der Waals surface area contributed by atoms with Gasteiger partial charge < -0.3 is 9.30 Å². The number of alkyl halides is 2. The molecule has 4 nitrogen and oxygen atoms in total. The van der Waals surface area contributed by atoms with E-state index in [2.05, 4.69) is 9.72 Å². The smallest absolute Gasteiger partial charge is 0.377 e. The van der Waals surface area contributed by atoms with E-state index in [9.17, 15) is 13.6 Å². The van der Waals surface area contributed by atoms with Gasteiger partial charge in [-0.05, 0) is 6.92 Å². The number of hydrogen-bond acceptors (Lipinski definition) is 3. The van der Waals surface area contributed by atoms with Gasteiger partial charge in [0.2, 0.25) is 0 Å². The minimum absolute atomic E-state index is 0.0605. The van der Waals surface area contributed by atoms with Crippen LogP contribution >= 0.6 is 0 Å². The predicted molar refractivity (Wildman–Crippen MR) is 48.5 cm³/mol. The molecule has 6 heteroatoms. The van der Waals surface area contributed by atoms with E-state index in [0.717, 1.165) is 0 Å². The molecule has 0 unspecified atom stereocenters. The van der Waals surface area contributed by atoms with Crippen LogP contribution in [0.5, 0.6) is 0 Å². The van der Waals surface area contributed by atoms with Gasteiger partial charge in [0.1, 0.15) is 5.82 Å². The third kappa shape index (κ3) is 2.74. The zero-order valence-electron chi connectivity index (χ0n) is 8.54. The summed E-state index contributed by atoms with van der Waals surface area (Å²) >= 11 is 0. The number of nitrogens with zero attached hydrogens (tertiary/aromatic N) is 2. The minimum Gasteiger partial charge on any atom is -0.462 e. The predicted octanol–water partition coefficient (Wildman–Crippen LogP) is 1.16. The summed E-state index contributed by atoms with van der Waals surface area (Å²) in [6.07, 6.45) is 2.20. The van der Waals surface area contributed by atoms with Gasteiger partial charge in [-0.3, -0.25) is 0 Å². The van der Waals surface area contributed by atoms with Gasteiger partial charge in [0.15, 0.2) is 0 Å². The Labute approximate surface area is 85.9 Å². The van der Waals surface area contributed by atoms with Crippen LogP contribution < -0.4 is 0 Å². The SMILES string of the molecule is CCOC(=O)C(F)(F)Cc1nccn1C. The first kappa shape index (κ1) is 11.6. The van der Waals surface area contributed by atoms with Gasteiger partial charge in [-0.1, -0.05) is 0 Å². The average Bonchev–Trinajstić information content (AvgIpc) is 2.52. The summed E-state index contributed by atoms with van der Waals surface area (Å²) < 4.78 is 32.1. The van der Waals surface area contributed by atoms with Crippen molar-refractivity contribution in [2.45, 2.75) is 19.3 Å². The first-order valence-electron chi connectivity index (χ1n) is 4.48. The van der Waals surface area contributed by atoms with Crippen LogP contribution in [0.3, 0.4) is 0 Å². The number of aryl methyl sites for hydroxylation is 1. The first-order chi connectivity index (χ1) is 6.97. The van der Waals surface area contributed by atoms with Crippen LogP contribution in [0.25, 0.3) is 0 Å². The van der Waals surface area contributed by atoms with Crippen molar-refractivity contribution in [1.82, 2.24) is 9.55 Å². The summed E-state index contributed by atoms with van der Waals surface area (Å²) in [4.78, 5) is 14.6. The molecule has 0 aliphatic carbocycles. The quantitative estimate of drug-likeness (QED) is 0.712. The van der Waals surface area contributed by atoms with E-state index < -0.39 is 18.3 Å². The molecule has 0 N–H and O–H groups in total. The number of rotatable bonds is 4. The molecular weight excluding hydrogens is 206 g/mol. The Morgan fingerprint density at radius 3 is 2.80 bits per heavy atom. The van der Waals surface area contributed by atoms with Gasteiger partial charge in [0, 0.05) is 19.4 Å². The molecule has 0 radical (unpaired) electrons. The molecule has 0 aromatic carbocycles. The zero-order valence-corrected chi connectivity index (χ0v) is 8.54. The van der Waals surface area contributed by atoms with E-state index >= 15 is 0 Å². The lowest BCUT2D eigenvalue weighted by atomic mass is 10.2. The largest absolute Gasteiger partial charge is 0.462 e. The summed E-state index contributed by atoms with van der Waals surface area (Å²) in [6, 6.07) is 0. The lowest BCUT2D eigenvalue weighted by Crippen LogP contribution is -2.34. The monoisotopic (exact) mass is 218 g/mol. The van der Waals surface area contributed by atoms with Crippen molar-refractivity contribution in [3.8, 4) is 0 Å². The highest BCUT2D eigenvalue weighted by molar-refractivity contribution is 5.77. The second kappa shape index (κ2) is 4.37. The summed E-state index contributed by atoms with van der Waals surface area (Å²) in [5, 5.41) is 0. The van der Waals surface area contributed by atoms with Crippen LogP contribution in [0.15, 0.2) is 12.4 Å². The van der Waals surface area contributed by atoms with Crippen LogP contribution in [0.1, 0.15) is 12.7 Å². The highest BCUT2D eigenvalue weighted by Gasteiger charge is 2.41. The molecule has 0 bridgehead atoms. The number of imidazole rings is 1. The number of carbonyl (C=O) groups is 1. The fourth-order valence-electron chi connectivity index (χ4n) is 1.07. The first-order valence-corrected chi connectivity index (χ1v) is 4.48. The molecule has 15 heavy (non-hydrogen) atoms. The zero-order chi connectivity index (χ0) is 11.5. The van der Waals surface area contributed by atoms with Crippen LogP contribution in [-0.2, 0) is 23.0 Å². The molecule has 1 aromatic rings. The van der Waals surface area contributed by atoms with Crippen LogP contribution in [0.4, 0.5) is 8.78 Å². The highest BCUT2D eigenvalue weighted by Crippen LogP contribution is 2.20. The summed E-state index contributed by atoms with van der Waals surface area (Å²) in [5.41, 5.74) is 0. The van der Waals surface area contributed by atoms with Crippen molar-refractivity contribution in [3.05, 3.63) is 18.2 Å². The second-order valence-corrected chi connectivity index (χ2v) is 3.06. The third-order valence-corrected chi connectivity index (χ3v) is 1.88. The maximum Gasteiger partial charge on any atom is 0.377 e. The van der Waals surface area contributed by atoms with Crippen molar-refractivity contribution in [2.75, 3.05) is 6.61 Å². The molecule has 0 saturated carbocycles. The third-order valence-electron chi connectivity index (χ3n) is 1.88. The molecule has 0 fully saturated rings. The van der Waals surface area contributed by atoms with Crippen molar-refractivity contribution >= 4 is 5.97 Å². The molecule has 1 heterocycles. The van der Waals surface area contributed by atoms with Gasteiger partial charge >= 0.3 is 11.9 Å². The highest BCUT2D eigenvalue weighted by atomic mass is 19.3. The Morgan fingerprint density at radius 2 is 2.33 bits per heavy atom. The van der Waals surface area contributed by atoms with Crippen LogP contribution in [0, 0.1) is 0 Å². The number of carbonyl (C=O) groups excluding carboxylic acids is 1. The van der Waals surface area contributed by atoms with Crippen LogP contribution in [-0.4, -0.2) is 28.0 Å². The Hall–Kier alpha value is -1.46. The number of halogens is 2. The van der Waals surface area contributed by atoms with Gasteiger partial charge in [0.05, 0.1) is 13.0 Å². The maximum absolute atomic E-state index is 13.2. The molecule has 1 rings (SSSR count). The van der Waals surface area contributed by atoms with Crippen LogP contribution in [0.2, 0.25) is 0 Å². The fourth-order valence-corrected chi connectivity index (χ4v) is 1.07. The molecule has 84 valence electrons. The maximum atomic E-state index is 13.2.